The predicted octanol–water partition coefficient (Wildman–Crippen LogP) is 5.36. The number of carbonyl (C=O) groups is 3. The van der Waals surface area contributed by atoms with Gasteiger partial charge >= 0.3 is 5.97 Å². The van der Waals surface area contributed by atoms with Crippen LogP contribution in [-0.4, -0.2) is 26.9 Å². The maximum Gasteiger partial charge on any atom is 0.343 e. The molecule has 1 saturated heterocycles. The van der Waals surface area contributed by atoms with E-state index in [1.807, 2.05) is 31.2 Å². The number of benzene rings is 3. The normalized spacial score (nSPS) is 14.5. The van der Waals surface area contributed by atoms with Crippen molar-refractivity contribution < 1.29 is 24.0 Å². The number of amides is 2. The minimum absolute atomic E-state index is 0.0561. The fourth-order valence-electron chi connectivity index (χ4n) is 3.29. The van der Waals surface area contributed by atoms with Crippen molar-refractivity contribution in [2.75, 3.05) is 0 Å². The lowest BCUT2D eigenvalue weighted by atomic mass is 10.1. The summed E-state index contributed by atoms with van der Waals surface area (Å²) in [6.45, 7) is 2.14. The van der Waals surface area contributed by atoms with E-state index in [2.05, 4.69) is 0 Å². The number of non-ortho nitro benzene ring substituents is 1. The molecule has 3 aromatic carbocycles. The third-order valence-electron chi connectivity index (χ3n) is 5.14. The van der Waals surface area contributed by atoms with Crippen molar-refractivity contribution in [3.05, 3.63) is 110 Å². The summed E-state index contributed by atoms with van der Waals surface area (Å²) in [6, 6.07) is 19.2. The van der Waals surface area contributed by atoms with Gasteiger partial charge in [-0.15, -0.1) is 0 Å². The van der Waals surface area contributed by atoms with Gasteiger partial charge in [-0.2, -0.15) is 0 Å². The van der Waals surface area contributed by atoms with Crippen molar-refractivity contribution in [2.24, 2.45) is 0 Å². The number of hydrogen-bond acceptors (Lipinski definition) is 7. The molecule has 170 valence electrons. The van der Waals surface area contributed by atoms with E-state index < -0.39 is 10.9 Å². The van der Waals surface area contributed by atoms with Crippen LogP contribution in [0.15, 0.2) is 77.7 Å². The van der Waals surface area contributed by atoms with Crippen molar-refractivity contribution in [3.8, 4) is 5.75 Å². The van der Waals surface area contributed by atoms with Crippen LogP contribution in [0.25, 0.3) is 6.08 Å². The van der Waals surface area contributed by atoms with Crippen LogP contribution >= 0.6 is 11.8 Å². The van der Waals surface area contributed by atoms with E-state index >= 15 is 0 Å². The molecule has 0 saturated carbocycles. The van der Waals surface area contributed by atoms with Crippen LogP contribution in [0.5, 0.6) is 5.75 Å². The highest BCUT2D eigenvalue weighted by atomic mass is 32.2. The summed E-state index contributed by atoms with van der Waals surface area (Å²) in [7, 11) is 0. The molecular weight excluding hydrogens is 456 g/mol. The lowest BCUT2D eigenvalue weighted by Gasteiger charge is -2.14. The van der Waals surface area contributed by atoms with Crippen molar-refractivity contribution in [2.45, 2.75) is 13.5 Å². The number of aryl methyl sites for hydroxylation is 1. The number of hydrogen-bond donors (Lipinski definition) is 0. The maximum absolute atomic E-state index is 12.8. The van der Waals surface area contributed by atoms with Gasteiger partial charge in [-0.25, -0.2) is 4.79 Å². The standard InChI is InChI=1S/C25H18N2O6S/c1-16-5-2-3-6-19(16)15-26-23(28)22(34-25(26)30)13-17-9-11-21(12-10-17)33-24(29)18-7-4-8-20(14-18)27(31)32/h2-14H,15H2,1H3/b22-13-. The first-order chi connectivity index (χ1) is 16.3. The first kappa shape index (κ1) is 22.9. The Labute approximate surface area is 199 Å². The smallest absolute Gasteiger partial charge is 0.343 e. The molecule has 1 aliphatic rings. The average Bonchev–Trinajstić information content (AvgIpc) is 3.09. The summed E-state index contributed by atoms with van der Waals surface area (Å²) in [5.41, 5.74) is 2.40. The molecule has 0 spiro atoms. The predicted molar refractivity (Wildman–Crippen MR) is 127 cm³/mol. The molecule has 8 nitrogen and oxygen atoms in total. The third kappa shape index (κ3) is 5.05. The number of imide groups is 1. The largest absolute Gasteiger partial charge is 0.423 e. The Morgan fingerprint density at radius 3 is 2.50 bits per heavy atom. The number of thioether (sulfide) groups is 1. The molecule has 9 heteroatoms. The second-order valence-electron chi connectivity index (χ2n) is 7.46. The lowest BCUT2D eigenvalue weighted by molar-refractivity contribution is -0.384. The van der Waals surface area contributed by atoms with E-state index in [0.29, 0.717) is 10.5 Å². The van der Waals surface area contributed by atoms with Gasteiger partial charge in [-0.05, 0) is 59.7 Å². The molecule has 0 unspecified atom stereocenters. The molecule has 4 rings (SSSR count). The molecule has 3 aromatic rings. The van der Waals surface area contributed by atoms with Crippen LogP contribution in [0.4, 0.5) is 10.5 Å². The van der Waals surface area contributed by atoms with Crippen LogP contribution in [0, 0.1) is 17.0 Å². The van der Waals surface area contributed by atoms with Crippen molar-refractivity contribution in [1.29, 1.82) is 0 Å². The fraction of sp³-hybridized carbons (Fsp3) is 0.0800. The zero-order valence-corrected chi connectivity index (χ0v) is 18.8. The quantitative estimate of drug-likeness (QED) is 0.156. The monoisotopic (exact) mass is 474 g/mol. The van der Waals surface area contributed by atoms with Gasteiger partial charge in [-0.3, -0.25) is 24.6 Å². The van der Waals surface area contributed by atoms with E-state index in [1.165, 1.54) is 23.1 Å². The molecule has 0 bridgehead atoms. The third-order valence-corrected chi connectivity index (χ3v) is 6.05. The summed E-state index contributed by atoms with van der Waals surface area (Å²) in [4.78, 5) is 49.3. The average molecular weight is 474 g/mol. The molecule has 1 heterocycles. The molecule has 1 fully saturated rings. The molecule has 0 aliphatic carbocycles. The molecule has 0 atom stereocenters. The lowest BCUT2D eigenvalue weighted by Crippen LogP contribution is -2.27. The Morgan fingerprint density at radius 2 is 1.79 bits per heavy atom. The molecule has 1 aliphatic heterocycles. The van der Waals surface area contributed by atoms with Gasteiger partial charge in [0.25, 0.3) is 16.8 Å². The van der Waals surface area contributed by atoms with Gasteiger partial charge in [-0.1, -0.05) is 42.5 Å². The highest BCUT2D eigenvalue weighted by Crippen LogP contribution is 2.34. The van der Waals surface area contributed by atoms with E-state index in [0.717, 1.165) is 29.0 Å². The summed E-state index contributed by atoms with van der Waals surface area (Å²) in [6.07, 6.45) is 1.61. The number of ether oxygens (including phenoxy) is 1. The molecule has 2 amide bonds. The number of nitro benzene ring substituents is 1. The second kappa shape index (κ2) is 9.72. The Bertz CT molecular complexity index is 1330. The topological polar surface area (TPSA) is 107 Å². The summed E-state index contributed by atoms with van der Waals surface area (Å²) < 4.78 is 5.28. The SMILES string of the molecule is Cc1ccccc1CN1C(=O)S/C(=C\c2ccc(OC(=O)c3cccc([N+](=O)[O-])c3)cc2)C1=O. The fourth-order valence-corrected chi connectivity index (χ4v) is 4.13. The summed E-state index contributed by atoms with van der Waals surface area (Å²) >= 11 is 0.876. The maximum atomic E-state index is 12.8. The highest BCUT2D eigenvalue weighted by molar-refractivity contribution is 8.18. The van der Waals surface area contributed by atoms with Gasteiger partial charge in [0.2, 0.25) is 0 Å². The Hall–Kier alpha value is -4.24. The number of nitro groups is 1. The summed E-state index contributed by atoms with van der Waals surface area (Å²) in [5.74, 6) is -0.852. The zero-order chi connectivity index (χ0) is 24.2. The molecule has 0 N–H and O–H groups in total. The van der Waals surface area contributed by atoms with Crippen LogP contribution < -0.4 is 4.74 Å². The molecule has 34 heavy (non-hydrogen) atoms. The first-order valence-corrected chi connectivity index (χ1v) is 11.0. The van der Waals surface area contributed by atoms with Gasteiger partial charge in [0, 0.05) is 12.1 Å². The minimum atomic E-state index is -0.728. The van der Waals surface area contributed by atoms with Gasteiger partial charge in [0.15, 0.2) is 0 Å². The van der Waals surface area contributed by atoms with Crippen LogP contribution in [-0.2, 0) is 11.3 Å². The number of rotatable bonds is 6. The van der Waals surface area contributed by atoms with Gasteiger partial charge < -0.3 is 4.74 Å². The Kier molecular flexibility index (Phi) is 6.55. The van der Waals surface area contributed by atoms with Crippen LogP contribution in [0.2, 0.25) is 0 Å². The highest BCUT2D eigenvalue weighted by Gasteiger charge is 2.35. The van der Waals surface area contributed by atoms with Gasteiger partial charge in [0.1, 0.15) is 5.75 Å². The van der Waals surface area contributed by atoms with E-state index in [9.17, 15) is 24.5 Å². The van der Waals surface area contributed by atoms with Crippen molar-refractivity contribution in [1.82, 2.24) is 4.90 Å². The Balaban J connectivity index is 1.44. The number of esters is 1. The van der Waals surface area contributed by atoms with Crippen LogP contribution in [0.1, 0.15) is 27.0 Å². The van der Waals surface area contributed by atoms with Crippen LogP contribution in [0.3, 0.4) is 0 Å². The second-order valence-corrected chi connectivity index (χ2v) is 8.45. The zero-order valence-electron chi connectivity index (χ0n) is 18.0. The summed E-state index contributed by atoms with van der Waals surface area (Å²) in [5, 5.41) is 10.6. The van der Waals surface area contributed by atoms with E-state index in [-0.39, 0.29) is 34.7 Å². The first-order valence-electron chi connectivity index (χ1n) is 10.2. The van der Waals surface area contributed by atoms with E-state index in [1.54, 1.807) is 30.3 Å². The Morgan fingerprint density at radius 1 is 1.06 bits per heavy atom. The minimum Gasteiger partial charge on any atom is -0.423 e. The van der Waals surface area contributed by atoms with Crippen molar-refractivity contribution in [3.63, 3.8) is 0 Å². The molecule has 0 radical (unpaired) electrons. The van der Waals surface area contributed by atoms with E-state index in [4.69, 9.17) is 4.74 Å². The number of nitrogens with zero attached hydrogens (tertiary/aromatic N) is 2. The molecule has 0 aromatic heterocycles. The number of carbonyl (C=O) groups excluding carboxylic acids is 3. The van der Waals surface area contributed by atoms with Crippen molar-refractivity contribution >= 4 is 40.6 Å². The molecular formula is C25H18N2O6S. The van der Waals surface area contributed by atoms with Gasteiger partial charge in [0.05, 0.1) is 21.9 Å².